The van der Waals surface area contributed by atoms with Crippen LogP contribution in [0.5, 0.6) is 0 Å². The number of hydrogen-bond acceptors (Lipinski definition) is 3. The lowest BCUT2D eigenvalue weighted by Crippen LogP contribution is -2.19. The second-order valence-corrected chi connectivity index (χ2v) is 2.04. The van der Waals surface area contributed by atoms with Crippen molar-refractivity contribution in [2.45, 2.75) is 25.9 Å². The monoisotopic (exact) mass is 145 g/mol. The maximum Gasteiger partial charge on any atom is 0.334 e. The van der Waals surface area contributed by atoms with Gasteiger partial charge in [0, 0.05) is 0 Å². The average molecular weight is 145 g/mol. The Hall–Kier alpha value is -0.570. The summed E-state index contributed by atoms with van der Waals surface area (Å²) < 4.78 is 4.59. The Bertz CT molecular complexity index is 99.0. The molecule has 0 fully saturated rings. The van der Waals surface area contributed by atoms with Crippen LogP contribution in [-0.4, -0.2) is 23.8 Å². The second-order valence-electron chi connectivity index (χ2n) is 2.04. The van der Waals surface area contributed by atoms with Crippen molar-refractivity contribution in [2.24, 2.45) is 0 Å². The topological polar surface area (TPSA) is 46.5 Å². The molecule has 3 heteroatoms. The Labute approximate surface area is 61.0 Å². The first kappa shape index (κ1) is 9.43. The number of aliphatic hydroxyl groups excluding tert-OH is 1. The normalized spacial score (nSPS) is 12.7. The van der Waals surface area contributed by atoms with Crippen molar-refractivity contribution in [3.63, 3.8) is 0 Å². The van der Waals surface area contributed by atoms with Crippen molar-refractivity contribution in [1.29, 1.82) is 0 Å². The summed E-state index contributed by atoms with van der Waals surface area (Å²) in [6.45, 7) is 5.47. The van der Waals surface area contributed by atoms with Crippen LogP contribution < -0.4 is 0 Å². The molecule has 1 radical (unpaired) electrons. The van der Waals surface area contributed by atoms with Gasteiger partial charge in [-0.1, -0.05) is 13.3 Å². The van der Waals surface area contributed by atoms with Gasteiger partial charge in [-0.3, -0.25) is 0 Å². The zero-order valence-electron chi connectivity index (χ0n) is 6.17. The van der Waals surface area contributed by atoms with Gasteiger partial charge >= 0.3 is 5.97 Å². The zero-order valence-corrected chi connectivity index (χ0v) is 6.17. The maximum atomic E-state index is 10.5. The summed E-state index contributed by atoms with van der Waals surface area (Å²) in [4.78, 5) is 10.5. The van der Waals surface area contributed by atoms with Gasteiger partial charge in [-0.15, -0.1) is 0 Å². The van der Waals surface area contributed by atoms with Crippen molar-refractivity contribution < 1.29 is 14.6 Å². The van der Waals surface area contributed by atoms with Gasteiger partial charge in [0.1, 0.15) is 0 Å². The van der Waals surface area contributed by atoms with E-state index in [-0.39, 0.29) is 0 Å². The molecule has 0 rings (SSSR count). The molecule has 0 aromatic heterocycles. The number of ether oxygens (including phenoxy) is 1. The van der Waals surface area contributed by atoms with Crippen LogP contribution in [0, 0.1) is 6.92 Å². The fourth-order valence-corrected chi connectivity index (χ4v) is 0.413. The lowest BCUT2D eigenvalue weighted by atomic mass is 10.3. The highest BCUT2D eigenvalue weighted by Crippen LogP contribution is 1.91. The second kappa shape index (κ2) is 5.23. The summed E-state index contributed by atoms with van der Waals surface area (Å²) >= 11 is 0. The molecule has 1 atom stereocenters. The van der Waals surface area contributed by atoms with Crippen LogP contribution in [0.15, 0.2) is 0 Å². The lowest BCUT2D eigenvalue weighted by molar-refractivity contribution is -0.151. The minimum atomic E-state index is -1.24. The highest BCUT2D eigenvalue weighted by Gasteiger charge is 2.08. The summed E-state index contributed by atoms with van der Waals surface area (Å²) in [5.74, 6) is -0.645. The standard InChI is InChI=1S/C7H13O3/c1-3-4-5-10-7(9)6(2)8/h6,8H,2-5H2,1H3. The van der Waals surface area contributed by atoms with Gasteiger partial charge in [0.25, 0.3) is 0 Å². The van der Waals surface area contributed by atoms with E-state index >= 15 is 0 Å². The molecule has 0 heterocycles. The number of esters is 1. The highest BCUT2D eigenvalue weighted by atomic mass is 16.5. The smallest absolute Gasteiger partial charge is 0.334 e. The summed E-state index contributed by atoms with van der Waals surface area (Å²) in [6.07, 6.45) is 0.566. The maximum absolute atomic E-state index is 10.5. The number of carbonyl (C=O) groups is 1. The van der Waals surface area contributed by atoms with Crippen molar-refractivity contribution in [1.82, 2.24) is 0 Å². The molecule has 0 amide bonds. The van der Waals surface area contributed by atoms with Crippen LogP contribution >= 0.6 is 0 Å². The first-order valence-corrected chi connectivity index (χ1v) is 3.36. The molecule has 3 nitrogen and oxygen atoms in total. The lowest BCUT2D eigenvalue weighted by Gasteiger charge is -2.04. The Kier molecular flexibility index (Phi) is 4.94. The van der Waals surface area contributed by atoms with E-state index < -0.39 is 12.1 Å². The van der Waals surface area contributed by atoms with Gasteiger partial charge in [-0.05, 0) is 13.3 Å². The van der Waals surface area contributed by atoms with E-state index in [1.54, 1.807) is 0 Å². The van der Waals surface area contributed by atoms with Crippen LogP contribution in [0.2, 0.25) is 0 Å². The molecule has 1 unspecified atom stereocenters. The van der Waals surface area contributed by atoms with E-state index in [9.17, 15) is 4.79 Å². The fraction of sp³-hybridized carbons (Fsp3) is 0.714. The van der Waals surface area contributed by atoms with Gasteiger partial charge in [0.15, 0.2) is 6.10 Å². The number of rotatable bonds is 4. The predicted molar refractivity (Wildman–Crippen MR) is 37.2 cm³/mol. The van der Waals surface area contributed by atoms with Gasteiger partial charge < -0.3 is 9.84 Å². The molecule has 0 saturated carbocycles. The van der Waals surface area contributed by atoms with Gasteiger partial charge in [0.2, 0.25) is 0 Å². The highest BCUT2D eigenvalue weighted by molar-refractivity contribution is 5.74. The van der Waals surface area contributed by atoms with E-state index in [1.165, 1.54) is 0 Å². The molecule has 0 bridgehead atoms. The number of hydrogen-bond donors (Lipinski definition) is 1. The summed E-state index contributed by atoms with van der Waals surface area (Å²) in [5.41, 5.74) is 0. The molecule has 0 saturated heterocycles. The first-order valence-electron chi connectivity index (χ1n) is 3.36. The van der Waals surface area contributed by atoms with Crippen LogP contribution in [0.4, 0.5) is 0 Å². The van der Waals surface area contributed by atoms with E-state index in [0.717, 1.165) is 12.8 Å². The number of carbonyl (C=O) groups excluding carboxylic acids is 1. The molecule has 0 aliphatic heterocycles. The molecule has 0 aromatic carbocycles. The molecule has 59 valence electrons. The van der Waals surface area contributed by atoms with Crippen molar-refractivity contribution in [3.05, 3.63) is 6.92 Å². The van der Waals surface area contributed by atoms with E-state index in [4.69, 9.17) is 5.11 Å². The number of aliphatic hydroxyl groups is 1. The summed E-state index contributed by atoms with van der Waals surface area (Å²) in [6, 6.07) is 0. The quantitative estimate of drug-likeness (QED) is 0.463. The van der Waals surface area contributed by atoms with E-state index in [2.05, 4.69) is 11.7 Å². The third-order valence-corrected chi connectivity index (χ3v) is 1.01. The van der Waals surface area contributed by atoms with E-state index in [1.807, 2.05) is 6.92 Å². The molecule has 1 N–H and O–H groups in total. The van der Waals surface area contributed by atoms with Crippen LogP contribution in [0.3, 0.4) is 0 Å². The molecular formula is C7H13O3. The van der Waals surface area contributed by atoms with Crippen molar-refractivity contribution in [3.8, 4) is 0 Å². The van der Waals surface area contributed by atoms with Crippen molar-refractivity contribution in [2.75, 3.05) is 6.61 Å². The SMILES string of the molecule is [CH2]C(O)C(=O)OCCCC. The largest absolute Gasteiger partial charge is 0.464 e. The van der Waals surface area contributed by atoms with Gasteiger partial charge in [-0.25, -0.2) is 4.79 Å². The molecule has 0 aromatic rings. The zero-order chi connectivity index (χ0) is 7.98. The summed E-state index contributed by atoms with van der Waals surface area (Å²) in [5, 5.41) is 8.53. The summed E-state index contributed by atoms with van der Waals surface area (Å²) in [7, 11) is 0. The fourth-order valence-electron chi connectivity index (χ4n) is 0.413. The van der Waals surface area contributed by atoms with Crippen LogP contribution in [-0.2, 0) is 9.53 Å². The molecular weight excluding hydrogens is 132 g/mol. The Morgan fingerprint density at radius 1 is 1.80 bits per heavy atom. The third-order valence-electron chi connectivity index (χ3n) is 1.01. The van der Waals surface area contributed by atoms with Crippen molar-refractivity contribution >= 4 is 5.97 Å². The molecule has 0 aliphatic rings. The van der Waals surface area contributed by atoms with Gasteiger partial charge in [-0.2, -0.15) is 0 Å². The van der Waals surface area contributed by atoms with E-state index in [0.29, 0.717) is 6.61 Å². The Morgan fingerprint density at radius 3 is 2.80 bits per heavy atom. The first-order chi connectivity index (χ1) is 4.68. The van der Waals surface area contributed by atoms with Gasteiger partial charge in [0.05, 0.1) is 6.61 Å². The molecule has 10 heavy (non-hydrogen) atoms. The number of unbranched alkanes of at least 4 members (excludes halogenated alkanes) is 1. The third kappa shape index (κ3) is 4.32. The predicted octanol–water partition coefficient (Wildman–Crippen LogP) is 0.525. The average Bonchev–Trinajstić information content (AvgIpc) is 1.88. The Balaban J connectivity index is 3.22. The minimum absolute atomic E-state index is 0.377. The minimum Gasteiger partial charge on any atom is -0.464 e. The van der Waals surface area contributed by atoms with Crippen LogP contribution in [0.1, 0.15) is 19.8 Å². The van der Waals surface area contributed by atoms with Crippen LogP contribution in [0.25, 0.3) is 0 Å². The molecule has 0 spiro atoms. The Morgan fingerprint density at radius 2 is 2.40 bits per heavy atom. The molecule has 0 aliphatic carbocycles.